The average molecular weight is 257 g/mol. The summed E-state index contributed by atoms with van der Waals surface area (Å²) in [6.45, 7) is 2.41. The number of allylic oxidation sites excluding steroid dienone is 1. The minimum absolute atomic E-state index is 0.165. The molecule has 2 aliphatic heterocycles. The molecule has 0 amide bonds. The SMILES string of the molecule is O=C(C1=CCCO1)C1(c2ccccc2)CCNCC1. The Morgan fingerprint density at radius 1 is 1.16 bits per heavy atom. The van der Waals surface area contributed by atoms with E-state index in [0.29, 0.717) is 12.4 Å². The Morgan fingerprint density at radius 2 is 1.89 bits per heavy atom. The molecule has 0 saturated carbocycles. The van der Waals surface area contributed by atoms with Gasteiger partial charge in [0, 0.05) is 6.42 Å². The molecule has 2 aliphatic rings. The summed E-state index contributed by atoms with van der Waals surface area (Å²) in [5.74, 6) is 0.739. The van der Waals surface area contributed by atoms with Crippen molar-refractivity contribution in [1.82, 2.24) is 5.32 Å². The van der Waals surface area contributed by atoms with Crippen molar-refractivity contribution in [2.24, 2.45) is 0 Å². The van der Waals surface area contributed by atoms with Gasteiger partial charge in [-0.2, -0.15) is 0 Å². The largest absolute Gasteiger partial charge is 0.490 e. The number of nitrogens with one attached hydrogen (secondary N) is 1. The Labute approximate surface area is 113 Å². The lowest BCUT2D eigenvalue weighted by Crippen LogP contribution is -2.46. The lowest BCUT2D eigenvalue weighted by atomic mass is 9.69. The smallest absolute Gasteiger partial charge is 0.207 e. The van der Waals surface area contributed by atoms with Crippen molar-refractivity contribution in [3.05, 3.63) is 47.7 Å². The summed E-state index contributed by atoms with van der Waals surface area (Å²) in [4.78, 5) is 12.9. The van der Waals surface area contributed by atoms with Crippen LogP contribution in [0.15, 0.2) is 42.2 Å². The lowest BCUT2D eigenvalue weighted by Gasteiger charge is -2.36. The van der Waals surface area contributed by atoms with Gasteiger partial charge in [-0.1, -0.05) is 30.3 Å². The molecule has 3 heteroatoms. The van der Waals surface area contributed by atoms with Crippen molar-refractivity contribution in [3.8, 4) is 0 Å². The summed E-state index contributed by atoms with van der Waals surface area (Å²) in [5.41, 5.74) is 0.723. The van der Waals surface area contributed by atoms with Crippen molar-refractivity contribution in [2.45, 2.75) is 24.7 Å². The molecular formula is C16H19NO2. The van der Waals surface area contributed by atoms with Crippen molar-refractivity contribution >= 4 is 5.78 Å². The predicted molar refractivity (Wildman–Crippen MR) is 73.9 cm³/mol. The standard InChI is InChI=1S/C16H19NO2/c18-15(14-7-4-12-19-14)16(8-10-17-11-9-16)13-5-2-1-3-6-13/h1-3,5-7,17H,4,8-12H2. The monoisotopic (exact) mass is 257 g/mol. The van der Waals surface area contributed by atoms with Crippen molar-refractivity contribution in [1.29, 1.82) is 0 Å². The van der Waals surface area contributed by atoms with E-state index in [-0.39, 0.29) is 5.78 Å². The van der Waals surface area contributed by atoms with Crippen LogP contribution < -0.4 is 5.32 Å². The van der Waals surface area contributed by atoms with E-state index in [9.17, 15) is 4.79 Å². The molecule has 0 bridgehead atoms. The average Bonchev–Trinajstić information content (AvgIpc) is 3.02. The fraction of sp³-hybridized carbons (Fsp3) is 0.438. The van der Waals surface area contributed by atoms with Crippen LogP contribution in [-0.2, 0) is 14.9 Å². The molecule has 0 aromatic heterocycles. The molecule has 1 saturated heterocycles. The van der Waals surface area contributed by atoms with Crippen LogP contribution in [0.3, 0.4) is 0 Å². The fourth-order valence-electron chi connectivity index (χ4n) is 3.07. The molecule has 1 N–H and O–H groups in total. The van der Waals surface area contributed by atoms with Gasteiger partial charge in [-0.05, 0) is 37.6 Å². The Bertz CT molecular complexity index is 487. The third-order valence-corrected chi connectivity index (χ3v) is 4.15. The molecular weight excluding hydrogens is 238 g/mol. The quantitative estimate of drug-likeness (QED) is 0.902. The molecule has 3 nitrogen and oxygen atoms in total. The number of Topliss-reactive ketones (excluding diaryl/α,β-unsaturated/α-hetero) is 1. The van der Waals surface area contributed by atoms with Crippen LogP contribution in [0.4, 0.5) is 0 Å². The number of carbonyl (C=O) groups is 1. The number of piperidine rings is 1. The van der Waals surface area contributed by atoms with Crippen LogP contribution in [0.1, 0.15) is 24.8 Å². The zero-order valence-electron chi connectivity index (χ0n) is 11.0. The number of rotatable bonds is 3. The van der Waals surface area contributed by atoms with Crippen LogP contribution in [-0.4, -0.2) is 25.5 Å². The van der Waals surface area contributed by atoms with Crippen molar-refractivity contribution in [3.63, 3.8) is 0 Å². The zero-order valence-corrected chi connectivity index (χ0v) is 11.0. The highest BCUT2D eigenvalue weighted by molar-refractivity contribution is 6.02. The molecule has 0 spiro atoms. The summed E-state index contributed by atoms with van der Waals surface area (Å²) >= 11 is 0. The van der Waals surface area contributed by atoms with E-state index in [2.05, 4.69) is 17.4 Å². The van der Waals surface area contributed by atoms with Gasteiger partial charge in [0.25, 0.3) is 0 Å². The van der Waals surface area contributed by atoms with Crippen LogP contribution in [0.2, 0.25) is 0 Å². The van der Waals surface area contributed by atoms with Gasteiger partial charge >= 0.3 is 0 Å². The van der Waals surface area contributed by atoms with E-state index in [4.69, 9.17) is 4.74 Å². The summed E-state index contributed by atoms with van der Waals surface area (Å²) in [6.07, 6.45) is 4.48. The van der Waals surface area contributed by atoms with E-state index >= 15 is 0 Å². The maximum Gasteiger partial charge on any atom is 0.207 e. The Morgan fingerprint density at radius 3 is 2.53 bits per heavy atom. The molecule has 1 aromatic carbocycles. The molecule has 1 fully saturated rings. The normalized spacial score (nSPS) is 21.6. The van der Waals surface area contributed by atoms with Gasteiger partial charge in [-0.25, -0.2) is 0 Å². The molecule has 2 heterocycles. The molecule has 0 aliphatic carbocycles. The first-order chi connectivity index (χ1) is 9.33. The number of benzene rings is 1. The van der Waals surface area contributed by atoms with Gasteiger partial charge in [0.15, 0.2) is 5.76 Å². The summed E-state index contributed by atoms with van der Waals surface area (Å²) < 4.78 is 5.51. The van der Waals surface area contributed by atoms with Crippen LogP contribution in [0.25, 0.3) is 0 Å². The predicted octanol–water partition coefficient (Wildman–Crippen LogP) is 2.18. The van der Waals surface area contributed by atoms with Gasteiger partial charge in [0.05, 0.1) is 12.0 Å². The van der Waals surface area contributed by atoms with Crippen LogP contribution >= 0.6 is 0 Å². The Kier molecular flexibility index (Phi) is 3.38. The molecule has 100 valence electrons. The number of ketones is 1. The van der Waals surface area contributed by atoms with E-state index in [0.717, 1.165) is 37.9 Å². The second-order valence-corrected chi connectivity index (χ2v) is 5.23. The van der Waals surface area contributed by atoms with Gasteiger partial charge < -0.3 is 10.1 Å². The number of carbonyl (C=O) groups excluding carboxylic acids is 1. The van der Waals surface area contributed by atoms with Gasteiger partial charge in [-0.3, -0.25) is 4.79 Å². The minimum atomic E-state index is -0.400. The molecule has 19 heavy (non-hydrogen) atoms. The molecule has 1 aromatic rings. The van der Waals surface area contributed by atoms with E-state index in [1.165, 1.54) is 0 Å². The third kappa shape index (κ3) is 2.19. The number of ether oxygens (including phenoxy) is 1. The lowest BCUT2D eigenvalue weighted by molar-refractivity contribution is -0.125. The Hall–Kier alpha value is -1.61. The summed E-state index contributed by atoms with van der Waals surface area (Å²) in [7, 11) is 0. The Balaban J connectivity index is 1.99. The minimum Gasteiger partial charge on any atom is -0.490 e. The van der Waals surface area contributed by atoms with Crippen molar-refractivity contribution < 1.29 is 9.53 Å². The molecule has 0 radical (unpaired) electrons. The first kappa shape index (κ1) is 12.4. The first-order valence-corrected chi connectivity index (χ1v) is 6.97. The zero-order chi connectivity index (χ0) is 13.1. The highest BCUT2D eigenvalue weighted by Gasteiger charge is 2.43. The molecule has 3 rings (SSSR count). The van der Waals surface area contributed by atoms with E-state index in [1.807, 2.05) is 24.3 Å². The van der Waals surface area contributed by atoms with E-state index in [1.54, 1.807) is 0 Å². The number of hydrogen-bond acceptors (Lipinski definition) is 3. The number of hydrogen-bond donors (Lipinski definition) is 1. The molecule has 0 atom stereocenters. The highest BCUT2D eigenvalue weighted by atomic mass is 16.5. The topological polar surface area (TPSA) is 38.3 Å². The van der Waals surface area contributed by atoms with E-state index < -0.39 is 5.41 Å². The maximum atomic E-state index is 12.9. The van der Waals surface area contributed by atoms with Crippen LogP contribution in [0, 0.1) is 0 Å². The summed E-state index contributed by atoms with van der Waals surface area (Å²) in [6, 6.07) is 10.2. The highest BCUT2D eigenvalue weighted by Crippen LogP contribution is 2.37. The van der Waals surface area contributed by atoms with Gasteiger partial charge in [0.1, 0.15) is 0 Å². The molecule has 0 unspecified atom stereocenters. The fourth-order valence-corrected chi connectivity index (χ4v) is 3.07. The second kappa shape index (κ2) is 5.17. The summed E-state index contributed by atoms with van der Waals surface area (Å²) in [5, 5.41) is 3.34. The maximum absolute atomic E-state index is 12.9. The third-order valence-electron chi connectivity index (χ3n) is 4.15. The van der Waals surface area contributed by atoms with Crippen molar-refractivity contribution in [2.75, 3.05) is 19.7 Å². The van der Waals surface area contributed by atoms with Gasteiger partial charge in [-0.15, -0.1) is 0 Å². The van der Waals surface area contributed by atoms with Crippen LogP contribution in [0.5, 0.6) is 0 Å². The van der Waals surface area contributed by atoms with Gasteiger partial charge in [0.2, 0.25) is 5.78 Å². The first-order valence-electron chi connectivity index (χ1n) is 6.97. The second-order valence-electron chi connectivity index (χ2n) is 5.23.